The van der Waals surface area contributed by atoms with E-state index in [0.717, 1.165) is 5.56 Å². The van der Waals surface area contributed by atoms with Gasteiger partial charge in [-0.15, -0.1) is 0 Å². The van der Waals surface area contributed by atoms with Gasteiger partial charge in [-0.05, 0) is 30.7 Å². The van der Waals surface area contributed by atoms with Crippen molar-refractivity contribution >= 4 is 5.91 Å². The maximum atomic E-state index is 11.4. The van der Waals surface area contributed by atoms with Crippen LogP contribution in [0, 0.1) is 5.92 Å². The van der Waals surface area contributed by atoms with E-state index in [-0.39, 0.29) is 12.5 Å². The lowest BCUT2D eigenvalue weighted by atomic mass is 10.1. The van der Waals surface area contributed by atoms with Crippen molar-refractivity contribution in [3.8, 4) is 0 Å². The number of carbonyl (C=O) groups excluding carboxylic acids is 1. The molecule has 1 aliphatic rings. The highest BCUT2D eigenvalue weighted by Crippen LogP contribution is 2.28. The van der Waals surface area contributed by atoms with Crippen molar-refractivity contribution in [1.29, 1.82) is 0 Å². The molecule has 1 aliphatic carbocycles. The number of aliphatic hydroxyl groups is 1. The largest absolute Gasteiger partial charge is 0.388 e. The van der Waals surface area contributed by atoms with E-state index in [9.17, 15) is 9.90 Å². The summed E-state index contributed by atoms with van der Waals surface area (Å²) in [4.78, 5) is 11.4. The third-order valence-electron chi connectivity index (χ3n) is 3.21. The summed E-state index contributed by atoms with van der Waals surface area (Å²) in [7, 11) is 0. The van der Waals surface area contributed by atoms with Crippen LogP contribution in [0.3, 0.4) is 0 Å². The van der Waals surface area contributed by atoms with Crippen molar-refractivity contribution in [1.82, 2.24) is 5.32 Å². The monoisotopic (exact) mass is 263 g/mol. The first-order valence-electron chi connectivity index (χ1n) is 6.83. The highest BCUT2D eigenvalue weighted by Gasteiger charge is 2.21. The van der Waals surface area contributed by atoms with E-state index in [1.807, 2.05) is 30.3 Å². The zero-order valence-corrected chi connectivity index (χ0v) is 11.0. The summed E-state index contributed by atoms with van der Waals surface area (Å²) in [5, 5.41) is 12.7. The molecule has 2 rings (SSSR count). The molecule has 0 radical (unpaired) electrons. The van der Waals surface area contributed by atoms with Crippen LogP contribution in [-0.4, -0.2) is 30.8 Å². The zero-order chi connectivity index (χ0) is 13.5. The molecule has 1 aromatic carbocycles. The Labute approximate surface area is 113 Å². The molecule has 104 valence electrons. The molecule has 1 saturated carbocycles. The summed E-state index contributed by atoms with van der Waals surface area (Å²) in [6.45, 7) is 1.28. The summed E-state index contributed by atoms with van der Waals surface area (Å²) in [5.74, 6) is 0.564. The number of hydrogen-bond acceptors (Lipinski definition) is 3. The zero-order valence-electron chi connectivity index (χ0n) is 11.0. The number of benzene rings is 1. The van der Waals surface area contributed by atoms with Crippen LogP contribution in [0.5, 0.6) is 0 Å². The second kappa shape index (κ2) is 7.26. The van der Waals surface area contributed by atoms with Crippen molar-refractivity contribution in [2.45, 2.75) is 25.4 Å². The van der Waals surface area contributed by atoms with Gasteiger partial charge in [0.2, 0.25) is 5.91 Å². The molecule has 1 unspecified atom stereocenters. The van der Waals surface area contributed by atoms with Crippen LogP contribution in [0.1, 0.15) is 30.9 Å². The van der Waals surface area contributed by atoms with Gasteiger partial charge in [-0.3, -0.25) is 4.79 Å². The number of carbonyl (C=O) groups is 1. The summed E-state index contributed by atoms with van der Waals surface area (Å²) in [6, 6.07) is 9.46. The second-order valence-electron chi connectivity index (χ2n) is 5.02. The van der Waals surface area contributed by atoms with Crippen molar-refractivity contribution in [2.75, 3.05) is 19.8 Å². The van der Waals surface area contributed by atoms with Gasteiger partial charge in [0.15, 0.2) is 0 Å². The van der Waals surface area contributed by atoms with Crippen LogP contribution in [0.2, 0.25) is 0 Å². The predicted octanol–water partition coefficient (Wildman–Crippen LogP) is 1.65. The third-order valence-corrected chi connectivity index (χ3v) is 3.21. The van der Waals surface area contributed by atoms with E-state index < -0.39 is 6.10 Å². The molecular weight excluding hydrogens is 242 g/mol. The average Bonchev–Trinajstić information content (AvgIpc) is 3.24. The molecule has 1 aromatic rings. The summed E-state index contributed by atoms with van der Waals surface area (Å²) in [6.07, 6.45) is 2.43. The molecule has 1 fully saturated rings. The minimum absolute atomic E-state index is 0.110. The Morgan fingerprint density at radius 1 is 1.37 bits per heavy atom. The molecule has 0 saturated heterocycles. The van der Waals surface area contributed by atoms with Gasteiger partial charge in [0.05, 0.1) is 12.7 Å². The summed E-state index contributed by atoms with van der Waals surface area (Å²) in [5.41, 5.74) is 0.877. The van der Waals surface area contributed by atoms with Crippen molar-refractivity contribution < 1.29 is 14.6 Å². The topological polar surface area (TPSA) is 58.6 Å². The number of nitrogens with one attached hydrogen (secondary N) is 1. The Bertz CT molecular complexity index is 390. The maximum absolute atomic E-state index is 11.4. The number of amides is 1. The first kappa shape index (κ1) is 14.0. The smallest absolute Gasteiger partial charge is 0.245 e. The Balaban J connectivity index is 1.56. The fourth-order valence-electron chi connectivity index (χ4n) is 1.84. The molecular formula is C15H21NO3. The summed E-state index contributed by atoms with van der Waals surface area (Å²) >= 11 is 0. The quantitative estimate of drug-likeness (QED) is 0.750. The Kier molecular flexibility index (Phi) is 5.36. The number of rotatable bonds is 8. The maximum Gasteiger partial charge on any atom is 0.245 e. The minimum atomic E-state index is -0.533. The standard InChI is InChI=1S/C15H21NO3/c17-14(13-4-2-1-3-5-13)8-9-16-15(18)11-19-10-12-6-7-12/h1-5,12,14,17H,6-11H2,(H,16,18). The molecule has 0 bridgehead atoms. The Morgan fingerprint density at radius 2 is 2.11 bits per heavy atom. The number of ether oxygens (including phenoxy) is 1. The first-order chi connectivity index (χ1) is 9.25. The van der Waals surface area contributed by atoms with Crippen LogP contribution in [-0.2, 0) is 9.53 Å². The fraction of sp³-hybridized carbons (Fsp3) is 0.533. The predicted molar refractivity (Wildman–Crippen MR) is 72.6 cm³/mol. The molecule has 19 heavy (non-hydrogen) atoms. The van der Waals surface area contributed by atoms with Gasteiger partial charge < -0.3 is 15.2 Å². The van der Waals surface area contributed by atoms with Gasteiger partial charge in [-0.25, -0.2) is 0 Å². The highest BCUT2D eigenvalue weighted by atomic mass is 16.5. The normalized spacial score (nSPS) is 16.1. The number of aliphatic hydroxyl groups excluding tert-OH is 1. The van der Waals surface area contributed by atoms with Gasteiger partial charge in [-0.2, -0.15) is 0 Å². The lowest BCUT2D eigenvalue weighted by molar-refractivity contribution is -0.125. The van der Waals surface area contributed by atoms with Crippen LogP contribution >= 0.6 is 0 Å². The van der Waals surface area contributed by atoms with Gasteiger partial charge in [0.1, 0.15) is 6.61 Å². The molecule has 4 nitrogen and oxygen atoms in total. The van der Waals surface area contributed by atoms with E-state index in [2.05, 4.69) is 5.32 Å². The Morgan fingerprint density at radius 3 is 2.79 bits per heavy atom. The van der Waals surface area contributed by atoms with E-state index in [1.165, 1.54) is 12.8 Å². The van der Waals surface area contributed by atoms with E-state index in [0.29, 0.717) is 25.5 Å². The van der Waals surface area contributed by atoms with Crippen molar-refractivity contribution in [3.63, 3.8) is 0 Å². The average molecular weight is 263 g/mol. The molecule has 0 aromatic heterocycles. The molecule has 0 aliphatic heterocycles. The molecule has 0 heterocycles. The molecule has 4 heteroatoms. The first-order valence-corrected chi connectivity index (χ1v) is 6.83. The van der Waals surface area contributed by atoms with Gasteiger partial charge >= 0.3 is 0 Å². The lowest BCUT2D eigenvalue weighted by Gasteiger charge is -2.11. The summed E-state index contributed by atoms with van der Waals surface area (Å²) < 4.78 is 5.29. The molecule has 1 amide bonds. The molecule has 2 N–H and O–H groups in total. The minimum Gasteiger partial charge on any atom is -0.388 e. The van der Waals surface area contributed by atoms with Gasteiger partial charge in [0.25, 0.3) is 0 Å². The van der Waals surface area contributed by atoms with E-state index >= 15 is 0 Å². The second-order valence-corrected chi connectivity index (χ2v) is 5.02. The van der Waals surface area contributed by atoms with E-state index in [1.54, 1.807) is 0 Å². The SMILES string of the molecule is O=C(COCC1CC1)NCCC(O)c1ccccc1. The lowest BCUT2D eigenvalue weighted by Crippen LogP contribution is -2.29. The van der Waals surface area contributed by atoms with Crippen molar-refractivity contribution in [3.05, 3.63) is 35.9 Å². The van der Waals surface area contributed by atoms with E-state index in [4.69, 9.17) is 4.74 Å². The van der Waals surface area contributed by atoms with Crippen molar-refractivity contribution in [2.24, 2.45) is 5.92 Å². The number of hydrogen-bond donors (Lipinski definition) is 2. The third kappa shape index (κ3) is 5.41. The highest BCUT2D eigenvalue weighted by molar-refractivity contribution is 5.77. The van der Waals surface area contributed by atoms with Crippen LogP contribution < -0.4 is 5.32 Å². The fourth-order valence-corrected chi connectivity index (χ4v) is 1.84. The van der Waals surface area contributed by atoms with Gasteiger partial charge in [0, 0.05) is 6.54 Å². The van der Waals surface area contributed by atoms with Crippen LogP contribution in [0.25, 0.3) is 0 Å². The molecule has 1 atom stereocenters. The van der Waals surface area contributed by atoms with Crippen LogP contribution in [0.15, 0.2) is 30.3 Å². The molecule has 0 spiro atoms. The Hall–Kier alpha value is -1.39. The van der Waals surface area contributed by atoms with Crippen LogP contribution in [0.4, 0.5) is 0 Å². The van der Waals surface area contributed by atoms with Gasteiger partial charge in [-0.1, -0.05) is 30.3 Å².